The molecule has 0 spiro atoms. The van der Waals surface area contributed by atoms with Crippen LogP contribution in [0.4, 0.5) is 0 Å². The van der Waals surface area contributed by atoms with Gasteiger partial charge in [0.05, 0.1) is 17.3 Å². The summed E-state index contributed by atoms with van der Waals surface area (Å²) >= 11 is 0. The lowest BCUT2D eigenvalue weighted by Gasteiger charge is -2.24. The number of carbonyl (C=O) groups is 1. The summed E-state index contributed by atoms with van der Waals surface area (Å²) in [6, 6.07) is 9.36. The summed E-state index contributed by atoms with van der Waals surface area (Å²) in [4.78, 5) is 15.0. The highest BCUT2D eigenvalue weighted by atomic mass is 16.5. The molecule has 0 aliphatic carbocycles. The van der Waals surface area contributed by atoms with Gasteiger partial charge in [-0.05, 0) is 31.9 Å². The molecule has 1 aliphatic heterocycles. The van der Waals surface area contributed by atoms with Crippen LogP contribution in [-0.2, 0) is 0 Å². The maximum absolute atomic E-state index is 13.2. The van der Waals surface area contributed by atoms with Crippen LogP contribution in [0.1, 0.15) is 40.7 Å². The molecule has 1 fully saturated rings. The fraction of sp³-hybridized carbons (Fsp3) is 0.294. The number of hydrogen-bond acceptors (Lipinski definition) is 5. The molecule has 7 heteroatoms. The molecule has 1 aromatic carbocycles. The van der Waals surface area contributed by atoms with E-state index in [2.05, 4.69) is 15.4 Å². The zero-order chi connectivity index (χ0) is 16.5. The quantitative estimate of drug-likeness (QED) is 0.740. The predicted molar refractivity (Wildman–Crippen MR) is 85.6 cm³/mol. The number of para-hydroxylation sites is 1. The average Bonchev–Trinajstić information content (AvgIpc) is 3.35. The van der Waals surface area contributed by atoms with Gasteiger partial charge < -0.3 is 9.42 Å². The first-order valence-electron chi connectivity index (χ1n) is 7.92. The summed E-state index contributed by atoms with van der Waals surface area (Å²) in [5, 5.41) is 11.8. The van der Waals surface area contributed by atoms with E-state index < -0.39 is 0 Å². The zero-order valence-corrected chi connectivity index (χ0v) is 13.3. The Bertz CT molecular complexity index is 856. The lowest BCUT2D eigenvalue weighted by molar-refractivity contribution is 0.0731. The summed E-state index contributed by atoms with van der Waals surface area (Å²) < 4.78 is 6.93. The van der Waals surface area contributed by atoms with Crippen LogP contribution < -0.4 is 0 Å². The molecule has 7 nitrogen and oxygen atoms in total. The molecule has 0 bridgehead atoms. The lowest BCUT2D eigenvalue weighted by atomic mass is 10.1. The topological polar surface area (TPSA) is 77.1 Å². The molecular weight excluding hydrogens is 306 g/mol. The van der Waals surface area contributed by atoms with Crippen LogP contribution >= 0.6 is 0 Å². The molecule has 1 saturated heterocycles. The maximum Gasteiger partial charge on any atom is 0.256 e. The second-order valence-corrected chi connectivity index (χ2v) is 5.91. The average molecular weight is 323 g/mol. The molecule has 1 unspecified atom stereocenters. The third kappa shape index (κ3) is 2.47. The van der Waals surface area contributed by atoms with Gasteiger partial charge in [0, 0.05) is 12.6 Å². The van der Waals surface area contributed by atoms with Gasteiger partial charge in [0.25, 0.3) is 5.91 Å². The number of carbonyl (C=O) groups excluding carboxylic acids is 1. The van der Waals surface area contributed by atoms with Crippen molar-refractivity contribution in [1.29, 1.82) is 0 Å². The Morgan fingerprint density at radius 1 is 1.25 bits per heavy atom. The van der Waals surface area contributed by atoms with Crippen LogP contribution in [0.3, 0.4) is 0 Å². The SMILES string of the molecule is Cc1cc(C2CCCN2C(=O)c2ccccc2-n2cnnc2)no1. The molecule has 3 aromatic rings. The Morgan fingerprint density at radius 3 is 2.79 bits per heavy atom. The number of nitrogens with zero attached hydrogens (tertiary/aromatic N) is 5. The van der Waals surface area contributed by atoms with Gasteiger partial charge in [-0.3, -0.25) is 9.36 Å². The van der Waals surface area contributed by atoms with Crippen molar-refractivity contribution in [1.82, 2.24) is 24.8 Å². The smallest absolute Gasteiger partial charge is 0.256 e. The molecular formula is C17H17N5O2. The first kappa shape index (κ1) is 14.6. The van der Waals surface area contributed by atoms with Crippen LogP contribution in [0.2, 0.25) is 0 Å². The number of hydrogen-bond donors (Lipinski definition) is 0. The molecule has 4 rings (SSSR count). The van der Waals surface area contributed by atoms with Crippen molar-refractivity contribution in [2.45, 2.75) is 25.8 Å². The predicted octanol–water partition coefficient (Wildman–Crippen LogP) is 2.54. The molecule has 1 atom stereocenters. The van der Waals surface area contributed by atoms with Crippen molar-refractivity contribution in [3.63, 3.8) is 0 Å². The lowest BCUT2D eigenvalue weighted by Crippen LogP contribution is -2.31. The Hall–Kier alpha value is -2.96. The van der Waals surface area contributed by atoms with E-state index in [1.54, 1.807) is 17.2 Å². The number of amides is 1. The molecule has 0 saturated carbocycles. The van der Waals surface area contributed by atoms with Gasteiger partial charge in [0.2, 0.25) is 0 Å². The molecule has 1 aliphatic rings. The molecule has 1 amide bonds. The van der Waals surface area contributed by atoms with Gasteiger partial charge in [-0.2, -0.15) is 0 Å². The molecule has 24 heavy (non-hydrogen) atoms. The van der Waals surface area contributed by atoms with Gasteiger partial charge in [0.1, 0.15) is 24.1 Å². The van der Waals surface area contributed by atoms with Crippen molar-refractivity contribution in [3.05, 3.63) is 60.0 Å². The van der Waals surface area contributed by atoms with E-state index in [9.17, 15) is 4.79 Å². The highest BCUT2D eigenvalue weighted by Crippen LogP contribution is 2.33. The summed E-state index contributed by atoms with van der Waals surface area (Å²) in [6.45, 7) is 2.57. The van der Waals surface area contributed by atoms with Crippen molar-refractivity contribution in [2.75, 3.05) is 6.54 Å². The fourth-order valence-electron chi connectivity index (χ4n) is 3.22. The highest BCUT2D eigenvalue weighted by molar-refractivity contribution is 5.98. The van der Waals surface area contributed by atoms with E-state index >= 15 is 0 Å². The largest absolute Gasteiger partial charge is 0.361 e. The van der Waals surface area contributed by atoms with Crippen LogP contribution in [0.15, 0.2) is 47.5 Å². The molecule has 122 valence electrons. The monoisotopic (exact) mass is 323 g/mol. The standard InChI is InChI=1S/C17H17N5O2/c1-12-9-14(20-24-12)16-7-4-8-22(16)17(23)13-5-2-3-6-15(13)21-10-18-19-11-21/h2-3,5-6,9-11,16H,4,7-8H2,1H3. The highest BCUT2D eigenvalue weighted by Gasteiger charge is 2.33. The van der Waals surface area contributed by atoms with Crippen LogP contribution in [0.5, 0.6) is 0 Å². The molecule has 2 aromatic heterocycles. The molecule has 0 N–H and O–H groups in total. The van der Waals surface area contributed by atoms with E-state index in [1.165, 1.54) is 0 Å². The Kier molecular flexibility index (Phi) is 3.60. The minimum absolute atomic E-state index is 0.0116. The molecule has 3 heterocycles. The summed E-state index contributed by atoms with van der Waals surface area (Å²) in [5.41, 5.74) is 2.22. The maximum atomic E-state index is 13.2. The molecule has 0 radical (unpaired) electrons. The van der Waals surface area contributed by atoms with Gasteiger partial charge in [-0.15, -0.1) is 10.2 Å². The van der Waals surface area contributed by atoms with Crippen molar-refractivity contribution in [3.8, 4) is 5.69 Å². The number of aryl methyl sites for hydroxylation is 1. The first-order chi connectivity index (χ1) is 11.7. The first-order valence-corrected chi connectivity index (χ1v) is 7.92. The van der Waals surface area contributed by atoms with Gasteiger partial charge in [-0.25, -0.2) is 0 Å². The Morgan fingerprint density at radius 2 is 2.04 bits per heavy atom. The summed E-state index contributed by atoms with van der Waals surface area (Å²) in [7, 11) is 0. The fourth-order valence-corrected chi connectivity index (χ4v) is 3.22. The van der Waals surface area contributed by atoms with E-state index in [1.807, 2.05) is 42.2 Å². The number of rotatable bonds is 3. The van der Waals surface area contributed by atoms with Gasteiger partial charge in [0.15, 0.2) is 0 Å². The number of aromatic nitrogens is 4. The second kappa shape index (κ2) is 5.92. The number of likely N-dealkylation sites (tertiary alicyclic amines) is 1. The van der Waals surface area contributed by atoms with Crippen molar-refractivity contribution < 1.29 is 9.32 Å². The van der Waals surface area contributed by atoms with Crippen molar-refractivity contribution in [2.24, 2.45) is 0 Å². The van der Waals surface area contributed by atoms with E-state index in [4.69, 9.17) is 4.52 Å². The zero-order valence-electron chi connectivity index (χ0n) is 13.3. The number of benzene rings is 1. The van der Waals surface area contributed by atoms with E-state index in [0.29, 0.717) is 12.1 Å². The van der Waals surface area contributed by atoms with Crippen molar-refractivity contribution >= 4 is 5.91 Å². The summed E-state index contributed by atoms with van der Waals surface area (Å²) in [5.74, 6) is 0.747. The minimum Gasteiger partial charge on any atom is -0.361 e. The van der Waals surface area contributed by atoms with Crippen LogP contribution in [0, 0.1) is 6.92 Å². The minimum atomic E-state index is -0.0380. The normalized spacial score (nSPS) is 17.4. The van der Waals surface area contributed by atoms with E-state index in [-0.39, 0.29) is 11.9 Å². The third-order valence-electron chi connectivity index (χ3n) is 4.33. The Labute approximate surface area is 138 Å². The third-order valence-corrected chi connectivity index (χ3v) is 4.33. The Balaban J connectivity index is 1.69. The van der Waals surface area contributed by atoms with Crippen LogP contribution in [0.25, 0.3) is 5.69 Å². The van der Waals surface area contributed by atoms with Gasteiger partial charge >= 0.3 is 0 Å². The van der Waals surface area contributed by atoms with Crippen LogP contribution in [-0.4, -0.2) is 37.3 Å². The van der Waals surface area contributed by atoms with Gasteiger partial charge in [-0.1, -0.05) is 17.3 Å². The second-order valence-electron chi connectivity index (χ2n) is 5.91. The van der Waals surface area contributed by atoms with E-state index in [0.717, 1.165) is 30.0 Å². The summed E-state index contributed by atoms with van der Waals surface area (Å²) in [6.07, 6.45) is 5.03.